The number of ether oxygens (including phenoxy) is 4. The van der Waals surface area contributed by atoms with E-state index in [-0.39, 0.29) is 114 Å². The van der Waals surface area contributed by atoms with E-state index in [0.29, 0.717) is 17.5 Å². The second kappa shape index (κ2) is 42.1. The van der Waals surface area contributed by atoms with Gasteiger partial charge in [-0.15, -0.1) is 0 Å². The maximum Gasteiger partial charge on any atom is 0.407 e. The Hall–Kier alpha value is -9.84. The Balaban J connectivity index is 1.68. The quantitative estimate of drug-likeness (QED) is 0.0322. The predicted molar refractivity (Wildman–Crippen MR) is 400 cm³/mol. The lowest BCUT2D eigenvalue weighted by molar-refractivity contribution is -0.143. The molecule has 2 aromatic carbocycles. The Morgan fingerprint density at radius 3 is 1.29 bits per heavy atom. The van der Waals surface area contributed by atoms with Crippen molar-refractivity contribution in [1.29, 1.82) is 0 Å². The maximum atomic E-state index is 15.7. The molecule has 5 rings (SSSR count). The first kappa shape index (κ1) is 88.8. The summed E-state index contributed by atoms with van der Waals surface area (Å²) in [5, 5.41) is 30.3. The monoisotopic (exact) mass is 1510 g/mol. The molecule has 13 amide bonds. The fourth-order valence-electron chi connectivity index (χ4n) is 12.5. The first-order valence-corrected chi connectivity index (χ1v) is 37.5. The summed E-state index contributed by atoms with van der Waals surface area (Å²) < 4.78 is 21.8. The third-order valence-corrected chi connectivity index (χ3v) is 17.8. The van der Waals surface area contributed by atoms with Gasteiger partial charge in [-0.1, -0.05) is 123 Å². The van der Waals surface area contributed by atoms with Crippen LogP contribution in [0.15, 0.2) is 72.8 Å². The van der Waals surface area contributed by atoms with E-state index >= 15 is 38.4 Å². The standard InChI is InChI=1S/C77H117N13O18/c1-44(2)38-54-64(93)85-56(40-49-26-19-17-20-27-49)70(99)89-36-25-32-58(89)66(95)87-60(46(5)6)68(97)81-52(30-23-33-78-74(103)107-76(11,12)13)62(91)84-55(39-45(3)4)65(94)86-57(41-50-28-21-18-22-29-50)71(100)90-43-51(106-73(102)80-35-37-105-72(101)48(9)10)42-59(90)67(96)88-61(47(7)8)69(98)82-53(63(92)83-54)31-24-34-79-75(104)108-77(14,15)16/h17-22,26-29,44-47,51-61H,9,23-25,30-43H2,1-8,10-16H3,(H,78,103)(H,79,104)(H,80,102)(H,81,97)(H,82,98)(H,83,92)(H,84,91)(H,85,93)(H,86,94)(H,87,95)(H,88,96)/t51-,52+,53+,54+,55+,56-,57-,58+,59+,60+,61+/m1/s1. The number of fused-ring (bicyclic) bond motifs is 2. The van der Waals surface area contributed by atoms with Gasteiger partial charge in [0.15, 0.2) is 0 Å². The van der Waals surface area contributed by atoms with Crippen LogP contribution in [0.5, 0.6) is 0 Å². The lowest BCUT2D eigenvalue weighted by Crippen LogP contribution is -2.62. The summed E-state index contributed by atoms with van der Waals surface area (Å²) in [5.74, 6) is -10.9. The second-order valence-corrected chi connectivity index (χ2v) is 31.4. The van der Waals surface area contributed by atoms with Crippen LogP contribution in [0.2, 0.25) is 0 Å². The first-order valence-electron chi connectivity index (χ1n) is 37.5. The highest BCUT2D eigenvalue weighted by Crippen LogP contribution is 2.26. The van der Waals surface area contributed by atoms with E-state index < -0.39 is 179 Å². The summed E-state index contributed by atoms with van der Waals surface area (Å²) in [5.41, 5.74) is -0.412. The minimum atomic E-state index is -1.54. The Morgan fingerprint density at radius 1 is 0.491 bits per heavy atom. The summed E-state index contributed by atoms with van der Waals surface area (Å²) in [6, 6.07) is 3.25. The lowest BCUT2D eigenvalue weighted by atomic mass is 9.98. The van der Waals surface area contributed by atoms with Gasteiger partial charge in [0.05, 0.1) is 13.1 Å². The van der Waals surface area contributed by atoms with Crippen molar-refractivity contribution < 1.29 is 86.1 Å². The molecule has 0 saturated carbocycles. The summed E-state index contributed by atoms with van der Waals surface area (Å²) in [7, 11) is 0. The van der Waals surface area contributed by atoms with E-state index in [4.69, 9.17) is 18.9 Å². The Labute approximate surface area is 634 Å². The van der Waals surface area contributed by atoms with Gasteiger partial charge in [0.25, 0.3) is 0 Å². The van der Waals surface area contributed by atoms with E-state index in [1.807, 2.05) is 13.8 Å². The number of hydrogen-bond acceptors (Lipinski definition) is 18. The molecule has 0 unspecified atom stereocenters. The molecule has 11 N–H and O–H groups in total. The van der Waals surface area contributed by atoms with Gasteiger partial charge in [0.1, 0.15) is 84.3 Å². The second-order valence-electron chi connectivity index (χ2n) is 31.4. The number of nitrogens with zero attached hydrogens (tertiary/aromatic N) is 2. The summed E-state index contributed by atoms with van der Waals surface area (Å²) >= 11 is 0. The fourth-order valence-corrected chi connectivity index (χ4v) is 12.5. The van der Waals surface area contributed by atoms with Crippen molar-refractivity contribution in [3.05, 3.63) is 83.9 Å². The van der Waals surface area contributed by atoms with Crippen molar-refractivity contribution in [2.75, 3.05) is 39.3 Å². The molecule has 108 heavy (non-hydrogen) atoms. The number of esters is 1. The van der Waals surface area contributed by atoms with Crippen molar-refractivity contribution in [2.45, 2.75) is 252 Å². The summed E-state index contributed by atoms with van der Waals surface area (Å²) in [4.78, 5) is 205. The largest absolute Gasteiger partial charge is 0.460 e. The van der Waals surface area contributed by atoms with E-state index in [9.17, 15) is 28.8 Å². The van der Waals surface area contributed by atoms with Gasteiger partial charge in [0.2, 0.25) is 59.1 Å². The topological polar surface area (TPSA) is 415 Å². The SMILES string of the molecule is C=C(C)C(=O)OCCNC(=O)O[C@@H]1C[C@H]2C(=O)N[C@@H](C(C)C)C(=O)N[C@@H](CCCNC(=O)OC(C)(C)C)C(=O)N[C@@H](CC(C)C)C(=O)N[C@H](Cc3ccccc3)C(=O)N3CCC[C@H]3C(=O)N[C@@H](C(C)C)C(=O)N[C@@H](CCCNC(=O)OC(C)(C)C)C(=O)N[C@@H](CC(C)C)C(=O)N[C@H](Cc3ccccc3)C(=O)N2C1. The zero-order chi connectivity index (χ0) is 80.3. The van der Waals surface area contributed by atoms with Gasteiger partial charge in [-0.25, -0.2) is 19.2 Å². The van der Waals surface area contributed by atoms with Crippen LogP contribution in [0, 0.1) is 23.7 Å². The Morgan fingerprint density at radius 2 is 0.880 bits per heavy atom. The van der Waals surface area contributed by atoms with Crippen molar-refractivity contribution in [2.24, 2.45) is 23.7 Å². The zero-order valence-corrected chi connectivity index (χ0v) is 65.4. The normalized spacial score (nSPS) is 23.6. The minimum Gasteiger partial charge on any atom is -0.460 e. The molecule has 3 aliphatic heterocycles. The van der Waals surface area contributed by atoms with E-state index in [0.717, 1.165) is 4.90 Å². The van der Waals surface area contributed by atoms with Gasteiger partial charge in [-0.2, -0.15) is 0 Å². The van der Waals surface area contributed by atoms with Crippen molar-refractivity contribution in [3.8, 4) is 0 Å². The molecule has 0 aliphatic carbocycles. The Bertz CT molecular complexity index is 3450. The molecule has 3 saturated heterocycles. The van der Waals surface area contributed by atoms with Crippen LogP contribution in [0.25, 0.3) is 0 Å². The van der Waals surface area contributed by atoms with Crippen LogP contribution >= 0.6 is 0 Å². The molecular weight excluding hydrogens is 1390 g/mol. The highest BCUT2D eigenvalue weighted by atomic mass is 16.6. The molecule has 11 atom stereocenters. The molecule has 0 spiro atoms. The third-order valence-electron chi connectivity index (χ3n) is 17.8. The van der Waals surface area contributed by atoms with Crippen LogP contribution in [0.1, 0.15) is 173 Å². The van der Waals surface area contributed by atoms with Crippen molar-refractivity contribution >= 4 is 83.3 Å². The molecule has 3 aliphatic rings. The number of rotatable bonds is 23. The van der Waals surface area contributed by atoms with Gasteiger partial charge >= 0.3 is 24.2 Å². The van der Waals surface area contributed by atoms with Crippen molar-refractivity contribution in [1.82, 2.24) is 68.3 Å². The molecule has 3 heterocycles. The minimum absolute atomic E-state index is 0.0104. The highest BCUT2D eigenvalue weighted by Gasteiger charge is 2.47. The van der Waals surface area contributed by atoms with Crippen LogP contribution in [0.3, 0.4) is 0 Å². The first-order chi connectivity index (χ1) is 50.7. The van der Waals surface area contributed by atoms with Crippen LogP contribution in [-0.4, -0.2) is 210 Å². The lowest BCUT2D eigenvalue weighted by Gasteiger charge is -2.33. The average Bonchev–Trinajstić information content (AvgIpc) is 1.68. The molecule has 598 valence electrons. The predicted octanol–water partition coefficient (Wildman–Crippen LogP) is 4.18. The fraction of sp³-hybridized carbons (Fsp3) is 0.636. The molecule has 31 nitrogen and oxygen atoms in total. The third kappa shape index (κ3) is 29.7. The molecule has 0 aromatic heterocycles. The van der Waals surface area contributed by atoms with Crippen LogP contribution in [0.4, 0.5) is 14.4 Å². The summed E-state index contributed by atoms with van der Waals surface area (Å²) in [6.07, 6.45) is -4.09. The van der Waals surface area contributed by atoms with Gasteiger partial charge in [-0.05, 0) is 135 Å². The molecular formula is C77H117N13O18. The summed E-state index contributed by atoms with van der Waals surface area (Å²) in [6.45, 7) is 27.9. The smallest absolute Gasteiger partial charge is 0.407 e. The van der Waals surface area contributed by atoms with Gasteiger partial charge < -0.3 is 87.2 Å². The Kier molecular flexibility index (Phi) is 34.6. The average molecular weight is 1510 g/mol. The van der Waals surface area contributed by atoms with E-state index in [1.54, 1.807) is 144 Å². The number of carbonyl (C=O) groups excluding carboxylic acids is 14. The number of amides is 13. The van der Waals surface area contributed by atoms with Gasteiger partial charge in [0, 0.05) is 44.5 Å². The molecule has 31 heteroatoms. The molecule has 0 bridgehead atoms. The molecule has 3 fully saturated rings. The van der Waals surface area contributed by atoms with Gasteiger partial charge in [-0.3, -0.25) is 47.9 Å². The maximum absolute atomic E-state index is 15.7. The highest BCUT2D eigenvalue weighted by molar-refractivity contribution is 6.00. The van der Waals surface area contributed by atoms with Crippen molar-refractivity contribution in [3.63, 3.8) is 0 Å². The number of benzene rings is 2. The zero-order valence-electron chi connectivity index (χ0n) is 65.4. The van der Waals surface area contributed by atoms with Crippen LogP contribution < -0.4 is 58.5 Å². The number of nitrogens with one attached hydrogen (secondary N) is 11. The number of carbonyl (C=O) groups is 14. The molecule has 0 radical (unpaired) electrons. The van der Waals surface area contributed by atoms with E-state index in [1.165, 1.54) is 11.8 Å². The number of alkyl carbamates (subject to hydrolysis) is 3. The van der Waals surface area contributed by atoms with E-state index in [2.05, 4.69) is 65.1 Å². The number of hydrogen-bond donors (Lipinski definition) is 11. The molecule has 2 aromatic rings. The van der Waals surface area contributed by atoms with Crippen LogP contribution in [-0.2, 0) is 84.5 Å².